The second-order valence-electron chi connectivity index (χ2n) is 5.52. The quantitative estimate of drug-likeness (QED) is 0.771. The molecule has 23 heavy (non-hydrogen) atoms. The van der Waals surface area contributed by atoms with Crippen molar-refractivity contribution in [2.24, 2.45) is 0 Å². The number of benzene rings is 1. The van der Waals surface area contributed by atoms with Gasteiger partial charge in [-0.1, -0.05) is 0 Å². The van der Waals surface area contributed by atoms with Gasteiger partial charge in [0.2, 0.25) is 0 Å². The molecule has 1 aromatic carbocycles. The summed E-state index contributed by atoms with van der Waals surface area (Å²) in [5, 5.41) is 3.05. The van der Waals surface area contributed by atoms with Gasteiger partial charge in [-0.3, -0.25) is 9.59 Å². The van der Waals surface area contributed by atoms with Crippen LogP contribution in [0, 0.1) is 3.57 Å². The maximum atomic E-state index is 12.2. The molecule has 0 radical (unpaired) electrons. The molecule has 120 valence electrons. The lowest BCUT2D eigenvalue weighted by molar-refractivity contribution is 0.0667. The van der Waals surface area contributed by atoms with Gasteiger partial charge in [-0.15, -0.1) is 0 Å². The summed E-state index contributed by atoms with van der Waals surface area (Å²) in [6.45, 7) is 1.24. The molecule has 3 rings (SSSR count). The van der Waals surface area contributed by atoms with Crippen molar-refractivity contribution < 1.29 is 14.0 Å². The number of carbonyl (C=O) groups excluding carboxylic acids is 2. The van der Waals surface area contributed by atoms with Gasteiger partial charge in [-0.2, -0.15) is 0 Å². The van der Waals surface area contributed by atoms with Crippen molar-refractivity contribution in [2.45, 2.75) is 18.9 Å². The maximum absolute atomic E-state index is 12.2. The minimum absolute atomic E-state index is 0.0581. The zero-order valence-corrected chi connectivity index (χ0v) is 14.7. The molecule has 0 bridgehead atoms. The Kier molecular flexibility index (Phi) is 5.00. The van der Waals surface area contributed by atoms with Gasteiger partial charge in [0.1, 0.15) is 0 Å². The van der Waals surface area contributed by atoms with Crippen LogP contribution in [-0.2, 0) is 0 Å². The van der Waals surface area contributed by atoms with Crippen LogP contribution in [0.4, 0.5) is 0 Å². The third kappa shape index (κ3) is 3.93. The van der Waals surface area contributed by atoms with Gasteiger partial charge in [0.15, 0.2) is 5.76 Å². The number of piperidine rings is 1. The van der Waals surface area contributed by atoms with E-state index in [1.807, 2.05) is 24.3 Å². The van der Waals surface area contributed by atoms with E-state index in [9.17, 15) is 9.59 Å². The molecule has 1 aliphatic rings. The van der Waals surface area contributed by atoms with E-state index in [2.05, 4.69) is 27.9 Å². The van der Waals surface area contributed by atoms with E-state index in [0.717, 1.165) is 16.4 Å². The number of hydrogen-bond acceptors (Lipinski definition) is 3. The normalized spacial score (nSPS) is 15.4. The minimum Gasteiger partial charge on any atom is -0.459 e. The van der Waals surface area contributed by atoms with Crippen LogP contribution in [0.15, 0.2) is 47.1 Å². The molecule has 2 aromatic rings. The molecule has 6 heteroatoms. The Morgan fingerprint density at radius 1 is 1.13 bits per heavy atom. The summed E-state index contributed by atoms with van der Waals surface area (Å²) in [5.41, 5.74) is 0.666. The van der Waals surface area contributed by atoms with E-state index in [1.54, 1.807) is 17.0 Å². The fourth-order valence-corrected chi connectivity index (χ4v) is 3.01. The molecule has 1 fully saturated rings. The van der Waals surface area contributed by atoms with Crippen molar-refractivity contribution in [3.8, 4) is 0 Å². The number of carbonyl (C=O) groups is 2. The number of nitrogens with one attached hydrogen (secondary N) is 1. The van der Waals surface area contributed by atoms with Gasteiger partial charge in [0, 0.05) is 28.3 Å². The average molecular weight is 424 g/mol. The molecular formula is C17H17IN2O3. The largest absolute Gasteiger partial charge is 0.459 e. The van der Waals surface area contributed by atoms with Crippen LogP contribution in [0.5, 0.6) is 0 Å². The standard InChI is InChI=1S/C17H17IN2O3/c18-13-5-3-12(4-6-13)16(21)19-14-7-9-20(10-8-14)17(22)15-2-1-11-23-15/h1-6,11,14H,7-10H2,(H,19,21). The predicted octanol–water partition coefficient (Wildman–Crippen LogP) is 2.92. The van der Waals surface area contributed by atoms with Crippen molar-refractivity contribution in [3.05, 3.63) is 57.6 Å². The number of likely N-dealkylation sites (tertiary alicyclic amines) is 1. The first-order valence-corrected chi connectivity index (χ1v) is 8.60. The highest BCUT2D eigenvalue weighted by molar-refractivity contribution is 14.1. The number of rotatable bonds is 3. The minimum atomic E-state index is -0.0857. The van der Waals surface area contributed by atoms with Gasteiger partial charge < -0.3 is 14.6 Å². The van der Waals surface area contributed by atoms with Gasteiger partial charge in [-0.05, 0) is 71.8 Å². The van der Waals surface area contributed by atoms with E-state index < -0.39 is 0 Å². The smallest absolute Gasteiger partial charge is 0.289 e. The molecule has 0 spiro atoms. The summed E-state index contributed by atoms with van der Waals surface area (Å²) >= 11 is 2.21. The van der Waals surface area contributed by atoms with Crippen molar-refractivity contribution in [3.63, 3.8) is 0 Å². The fourth-order valence-electron chi connectivity index (χ4n) is 2.65. The number of amides is 2. The fraction of sp³-hybridized carbons (Fsp3) is 0.294. The molecule has 1 aliphatic heterocycles. The first kappa shape index (κ1) is 16.0. The van der Waals surface area contributed by atoms with Crippen molar-refractivity contribution >= 4 is 34.4 Å². The lowest BCUT2D eigenvalue weighted by Crippen LogP contribution is -2.46. The molecule has 0 aliphatic carbocycles. The van der Waals surface area contributed by atoms with Crippen LogP contribution in [-0.4, -0.2) is 35.8 Å². The second kappa shape index (κ2) is 7.16. The Labute approximate surface area is 148 Å². The van der Waals surface area contributed by atoms with E-state index >= 15 is 0 Å². The molecular weight excluding hydrogens is 407 g/mol. The Morgan fingerprint density at radius 3 is 2.43 bits per heavy atom. The Hall–Kier alpha value is -1.83. The molecule has 0 atom stereocenters. The van der Waals surface area contributed by atoms with Gasteiger partial charge in [0.05, 0.1) is 6.26 Å². The van der Waals surface area contributed by atoms with Crippen LogP contribution >= 0.6 is 22.6 Å². The van der Waals surface area contributed by atoms with Gasteiger partial charge in [0.25, 0.3) is 11.8 Å². The van der Waals surface area contributed by atoms with Crippen molar-refractivity contribution in [1.29, 1.82) is 0 Å². The first-order valence-electron chi connectivity index (χ1n) is 7.52. The molecule has 1 aromatic heterocycles. The van der Waals surface area contributed by atoms with Crippen molar-refractivity contribution in [2.75, 3.05) is 13.1 Å². The molecule has 5 nitrogen and oxygen atoms in total. The molecule has 1 N–H and O–H groups in total. The second-order valence-corrected chi connectivity index (χ2v) is 6.77. The Morgan fingerprint density at radius 2 is 1.83 bits per heavy atom. The van der Waals surface area contributed by atoms with E-state index in [1.165, 1.54) is 6.26 Å². The molecule has 2 heterocycles. The number of nitrogens with zero attached hydrogens (tertiary/aromatic N) is 1. The summed E-state index contributed by atoms with van der Waals surface area (Å²) < 4.78 is 6.25. The molecule has 1 saturated heterocycles. The molecule has 2 amide bonds. The highest BCUT2D eigenvalue weighted by atomic mass is 127. The first-order chi connectivity index (χ1) is 11.1. The zero-order chi connectivity index (χ0) is 16.2. The molecule has 0 unspecified atom stereocenters. The lowest BCUT2D eigenvalue weighted by Gasteiger charge is -2.31. The van der Waals surface area contributed by atoms with Crippen LogP contribution in [0.25, 0.3) is 0 Å². The zero-order valence-electron chi connectivity index (χ0n) is 12.5. The Bertz CT molecular complexity index is 674. The maximum Gasteiger partial charge on any atom is 0.289 e. The number of halogens is 1. The third-order valence-corrected chi connectivity index (χ3v) is 4.67. The third-order valence-electron chi connectivity index (χ3n) is 3.96. The summed E-state index contributed by atoms with van der Waals surface area (Å²) in [6, 6.07) is 11.0. The molecule has 0 saturated carbocycles. The van der Waals surface area contributed by atoms with Crippen LogP contribution in [0.1, 0.15) is 33.8 Å². The highest BCUT2D eigenvalue weighted by Gasteiger charge is 2.25. The summed E-state index contributed by atoms with van der Waals surface area (Å²) in [4.78, 5) is 26.2. The van der Waals surface area contributed by atoms with Crippen LogP contribution in [0.3, 0.4) is 0 Å². The van der Waals surface area contributed by atoms with Crippen LogP contribution < -0.4 is 5.32 Å². The monoisotopic (exact) mass is 424 g/mol. The van der Waals surface area contributed by atoms with Crippen LogP contribution in [0.2, 0.25) is 0 Å². The lowest BCUT2D eigenvalue weighted by atomic mass is 10.0. The summed E-state index contributed by atoms with van der Waals surface area (Å²) in [5.74, 6) is 0.223. The van der Waals surface area contributed by atoms with E-state index in [-0.39, 0.29) is 17.9 Å². The highest BCUT2D eigenvalue weighted by Crippen LogP contribution is 2.15. The number of hydrogen-bond donors (Lipinski definition) is 1. The van der Waals surface area contributed by atoms with Gasteiger partial charge in [-0.25, -0.2) is 0 Å². The SMILES string of the molecule is O=C(NC1CCN(C(=O)c2ccco2)CC1)c1ccc(I)cc1. The summed E-state index contributed by atoms with van der Waals surface area (Å²) in [6.07, 6.45) is 3.01. The summed E-state index contributed by atoms with van der Waals surface area (Å²) in [7, 11) is 0. The van der Waals surface area contributed by atoms with Crippen molar-refractivity contribution in [1.82, 2.24) is 10.2 Å². The van der Waals surface area contributed by atoms with Gasteiger partial charge >= 0.3 is 0 Å². The average Bonchev–Trinajstić information content (AvgIpc) is 3.10. The predicted molar refractivity (Wildman–Crippen MR) is 94.3 cm³/mol. The number of furan rings is 1. The van der Waals surface area contributed by atoms with E-state index in [4.69, 9.17) is 4.42 Å². The topological polar surface area (TPSA) is 62.6 Å². The van der Waals surface area contributed by atoms with E-state index in [0.29, 0.717) is 24.4 Å². The Balaban J connectivity index is 1.52.